The van der Waals surface area contributed by atoms with Gasteiger partial charge in [-0.15, -0.1) is 0 Å². The van der Waals surface area contributed by atoms with Gasteiger partial charge in [-0.25, -0.2) is 9.78 Å². The lowest BCUT2D eigenvalue weighted by Gasteiger charge is -2.41. The minimum absolute atomic E-state index is 0.299. The molecule has 1 N–H and O–H groups in total. The highest BCUT2D eigenvalue weighted by Gasteiger charge is 2.37. The van der Waals surface area contributed by atoms with Crippen molar-refractivity contribution in [3.8, 4) is 0 Å². The van der Waals surface area contributed by atoms with E-state index in [9.17, 15) is 9.90 Å². The van der Waals surface area contributed by atoms with Crippen molar-refractivity contribution in [3.05, 3.63) is 29.6 Å². The van der Waals surface area contributed by atoms with Crippen molar-refractivity contribution in [2.45, 2.75) is 43.9 Å². The lowest BCUT2D eigenvalue weighted by molar-refractivity contribution is 0.0699. The minimum atomic E-state index is -0.906. The zero-order valence-corrected chi connectivity index (χ0v) is 13.2. The maximum Gasteiger partial charge on any atom is 0.337 e. The zero-order chi connectivity index (χ0) is 15.0. The maximum atomic E-state index is 11.4. The number of hydrogen-bond acceptors (Lipinski definition) is 3. The molecule has 0 atom stereocenters. The lowest BCUT2D eigenvalue weighted by atomic mass is 9.84. The monoisotopic (exact) mass is 304 g/mol. The van der Waals surface area contributed by atoms with E-state index in [1.165, 1.54) is 19.3 Å². The topological polar surface area (TPSA) is 55.1 Å². The highest BCUT2D eigenvalue weighted by Crippen LogP contribution is 2.44. The molecule has 1 fully saturated rings. The first-order valence-electron chi connectivity index (χ1n) is 7.37. The van der Waals surface area contributed by atoms with Gasteiger partial charge in [-0.05, 0) is 31.2 Å². The standard InChI is InChI=1S/C16H20N2O2S/c1-3-13-17-14-11(15(19)20)6-4-7-12(14)18(13)10-16(21-2)8-5-9-16/h4,6-7H,3,5,8-10H2,1-2H3,(H,19,20). The van der Waals surface area contributed by atoms with Crippen LogP contribution in [0.3, 0.4) is 0 Å². The van der Waals surface area contributed by atoms with Crippen LogP contribution in [0, 0.1) is 0 Å². The molecular weight excluding hydrogens is 284 g/mol. The summed E-state index contributed by atoms with van der Waals surface area (Å²) in [4.78, 5) is 16.0. The largest absolute Gasteiger partial charge is 0.478 e. The second-order valence-corrected chi connectivity index (χ2v) is 6.96. The molecule has 1 heterocycles. The number of imidazole rings is 1. The Morgan fingerprint density at radius 3 is 2.76 bits per heavy atom. The number of carboxylic acid groups (broad SMARTS) is 1. The Balaban J connectivity index is 2.12. The van der Waals surface area contributed by atoms with E-state index in [1.54, 1.807) is 6.07 Å². The van der Waals surface area contributed by atoms with Crippen molar-refractivity contribution in [2.75, 3.05) is 6.26 Å². The Labute approximate surface area is 128 Å². The van der Waals surface area contributed by atoms with Gasteiger partial charge >= 0.3 is 5.97 Å². The first-order chi connectivity index (χ1) is 10.1. The number of benzene rings is 1. The molecule has 0 spiro atoms. The Bertz CT molecular complexity index is 683. The van der Waals surface area contributed by atoms with E-state index in [2.05, 4.69) is 22.7 Å². The molecule has 3 rings (SSSR count). The Hall–Kier alpha value is -1.49. The van der Waals surface area contributed by atoms with Crippen molar-refractivity contribution in [3.63, 3.8) is 0 Å². The second kappa shape index (κ2) is 5.37. The molecule has 1 aliphatic rings. The molecule has 0 saturated heterocycles. The number of thioether (sulfide) groups is 1. The average Bonchev–Trinajstić information content (AvgIpc) is 2.80. The van der Waals surface area contributed by atoms with Gasteiger partial charge in [-0.1, -0.05) is 19.4 Å². The number of aromatic carboxylic acids is 1. The summed E-state index contributed by atoms with van der Waals surface area (Å²) in [6.45, 7) is 3.00. The average molecular weight is 304 g/mol. The van der Waals surface area contributed by atoms with Gasteiger partial charge in [0.15, 0.2) is 0 Å². The van der Waals surface area contributed by atoms with E-state index in [0.717, 1.165) is 24.3 Å². The number of aryl methyl sites for hydroxylation is 1. The normalized spacial score (nSPS) is 16.9. The molecule has 1 aliphatic carbocycles. The van der Waals surface area contributed by atoms with E-state index >= 15 is 0 Å². The van der Waals surface area contributed by atoms with Gasteiger partial charge in [0.25, 0.3) is 0 Å². The van der Waals surface area contributed by atoms with E-state index in [4.69, 9.17) is 0 Å². The molecule has 1 aromatic heterocycles. The first-order valence-corrected chi connectivity index (χ1v) is 8.59. The van der Waals surface area contributed by atoms with E-state index in [0.29, 0.717) is 15.8 Å². The zero-order valence-electron chi connectivity index (χ0n) is 12.4. The number of para-hydroxylation sites is 1. The fourth-order valence-corrected chi connectivity index (χ4v) is 4.06. The smallest absolute Gasteiger partial charge is 0.337 e. The number of aromatic nitrogens is 2. The number of carboxylic acids is 1. The summed E-state index contributed by atoms with van der Waals surface area (Å²) in [5, 5.41) is 9.34. The molecule has 2 aromatic rings. The van der Waals surface area contributed by atoms with Crippen LogP contribution in [0.4, 0.5) is 0 Å². The summed E-state index contributed by atoms with van der Waals surface area (Å²) >= 11 is 1.93. The molecule has 0 bridgehead atoms. The van der Waals surface area contributed by atoms with Crippen molar-refractivity contribution in [2.24, 2.45) is 0 Å². The molecule has 1 saturated carbocycles. The highest BCUT2D eigenvalue weighted by molar-refractivity contribution is 8.00. The molecular formula is C16H20N2O2S. The molecule has 4 nitrogen and oxygen atoms in total. The molecule has 0 radical (unpaired) electrons. The van der Waals surface area contributed by atoms with Crippen LogP contribution in [0.5, 0.6) is 0 Å². The third-order valence-corrected chi connectivity index (χ3v) is 5.95. The highest BCUT2D eigenvalue weighted by atomic mass is 32.2. The summed E-state index contributed by atoms with van der Waals surface area (Å²) < 4.78 is 2.54. The van der Waals surface area contributed by atoms with E-state index in [1.807, 2.05) is 23.9 Å². The van der Waals surface area contributed by atoms with Gasteiger partial charge in [0, 0.05) is 17.7 Å². The van der Waals surface area contributed by atoms with Crippen molar-refractivity contribution >= 4 is 28.8 Å². The predicted octanol–water partition coefficient (Wildman–Crippen LogP) is 3.58. The Kier molecular flexibility index (Phi) is 3.69. The minimum Gasteiger partial charge on any atom is -0.478 e. The van der Waals surface area contributed by atoms with Crippen LogP contribution in [0.1, 0.15) is 42.4 Å². The number of carbonyl (C=O) groups is 1. The summed E-state index contributed by atoms with van der Waals surface area (Å²) in [5.74, 6) is 0.0788. The fraction of sp³-hybridized carbons (Fsp3) is 0.500. The van der Waals surface area contributed by atoms with Crippen LogP contribution in [0.15, 0.2) is 18.2 Å². The van der Waals surface area contributed by atoms with Crippen LogP contribution in [0.2, 0.25) is 0 Å². The van der Waals surface area contributed by atoms with Crippen LogP contribution >= 0.6 is 11.8 Å². The second-order valence-electron chi connectivity index (χ2n) is 5.69. The van der Waals surface area contributed by atoms with Gasteiger partial charge in [0.2, 0.25) is 0 Å². The number of rotatable bonds is 5. The molecule has 112 valence electrons. The van der Waals surface area contributed by atoms with Crippen LogP contribution < -0.4 is 0 Å². The number of fused-ring (bicyclic) bond motifs is 1. The van der Waals surface area contributed by atoms with Crippen molar-refractivity contribution in [1.29, 1.82) is 0 Å². The molecule has 0 amide bonds. The van der Waals surface area contributed by atoms with Gasteiger partial charge in [0.05, 0.1) is 11.1 Å². The van der Waals surface area contributed by atoms with Gasteiger partial charge in [0.1, 0.15) is 11.3 Å². The molecule has 1 aromatic carbocycles. The van der Waals surface area contributed by atoms with Crippen LogP contribution in [0.25, 0.3) is 11.0 Å². The quantitative estimate of drug-likeness (QED) is 0.917. The SMILES string of the molecule is CCc1nc2c(C(=O)O)cccc2n1CC1(SC)CCC1. The van der Waals surface area contributed by atoms with E-state index in [-0.39, 0.29) is 0 Å². The summed E-state index contributed by atoms with van der Waals surface area (Å²) in [6.07, 6.45) is 6.74. The van der Waals surface area contributed by atoms with E-state index < -0.39 is 5.97 Å². The lowest BCUT2D eigenvalue weighted by Crippen LogP contribution is -2.38. The van der Waals surface area contributed by atoms with Crippen LogP contribution in [-0.2, 0) is 13.0 Å². The summed E-state index contributed by atoms with van der Waals surface area (Å²) in [5.41, 5.74) is 1.87. The molecule has 21 heavy (non-hydrogen) atoms. The molecule has 5 heteroatoms. The maximum absolute atomic E-state index is 11.4. The summed E-state index contributed by atoms with van der Waals surface area (Å²) in [7, 11) is 0. The Morgan fingerprint density at radius 2 is 2.24 bits per heavy atom. The number of nitrogens with zero attached hydrogens (tertiary/aromatic N) is 2. The van der Waals surface area contributed by atoms with Gasteiger partial charge < -0.3 is 9.67 Å². The Morgan fingerprint density at radius 1 is 1.48 bits per heavy atom. The fourth-order valence-electron chi connectivity index (χ4n) is 3.10. The summed E-state index contributed by atoms with van der Waals surface area (Å²) in [6, 6.07) is 5.44. The predicted molar refractivity (Wildman–Crippen MR) is 86.2 cm³/mol. The first kappa shape index (κ1) is 14.4. The number of hydrogen-bond donors (Lipinski definition) is 1. The van der Waals surface area contributed by atoms with Crippen LogP contribution in [-0.4, -0.2) is 31.6 Å². The van der Waals surface area contributed by atoms with Gasteiger partial charge in [-0.2, -0.15) is 11.8 Å². The third-order valence-electron chi connectivity index (χ3n) is 4.55. The van der Waals surface area contributed by atoms with Gasteiger partial charge in [-0.3, -0.25) is 0 Å². The van der Waals surface area contributed by atoms with Crippen molar-refractivity contribution < 1.29 is 9.90 Å². The molecule has 0 unspecified atom stereocenters. The third kappa shape index (κ3) is 2.33. The molecule has 0 aliphatic heterocycles. The van der Waals surface area contributed by atoms with Crippen molar-refractivity contribution in [1.82, 2.24) is 9.55 Å².